The minimum atomic E-state index is -4.82. The molecular weight excluding hydrogens is 325 g/mol. The molecule has 1 aliphatic carbocycles. The van der Waals surface area contributed by atoms with Gasteiger partial charge in [0.15, 0.2) is 5.79 Å². The van der Waals surface area contributed by atoms with E-state index in [0.717, 1.165) is 0 Å². The van der Waals surface area contributed by atoms with Gasteiger partial charge in [-0.3, -0.25) is 0 Å². The molecule has 0 bridgehead atoms. The molecule has 124 valence electrons. The van der Waals surface area contributed by atoms with Gasteiger partial charge in [0, 0.05) is 6.42 Å². The van der Waals surface area contributed by atoms with E-state index < -0.39 is 31.6 Å². The predicted molar refractivity (Wildman–Crippen MR) is 81.8 cm³/mol. The van der Waals surface area contributed by atoms with Gasteiger partial charge in [-0.2, -0.15) is 4.76 Å². The monoisotopic (exact) mass is 341 g/mol. The van der Waals surface area contributed by atoms with Crippen LogP contribution in [0.3, 0.4) is 0 Å². The van der Waals surface area contributed by atoms with E-state index in [1.807, 2.05) is 0 Å². The summed E-state index contributed by atoms with van der Waals surface area (Å²) in [4.78, 5) is 17.9. The summed E-state index contributed by atoms with van der Waals surface area (Å²) in [5.41, 5.74) is -0.00336. The van der Waals surface area contributed by atoms with Crippen LogP contribution in [-0.4, -0.2) is 41.7 Å². The fraction of sp³-hybridized carbons (Fsp3) is 0.214. The van der Waals surface area contributed by atoms with Crippen molar-refractivity contribution in [3.05, 3.63) is 53.8 Å². The smallest absolute Gasteiger partial charge is 0.448 e. The fourth-order valence-electron chi connectivity index (χ4n) is 2.37. The summed E-state index contributed by atoms with van der Waals surface area (Å²) in [6, 6.07) is 5.74. The van der Waals surface area contributed by atoms with Crippen LogP contribution in [0.4, 0.5) is 0 Å². The van der Waals surface area contributed by atoms with Crippen LogP contribution in [-0.2, 0) is 11.0 Å². The van der Waals surface area contributed by atoms with Crippen LogP contribution in [0.5, 0.6) is 5.75 Å². The maximum atomic E-state index is 11.1. The van der Waals surface area contributed by atoms with Crippen LogP contribution in [0, 0.1) is 5.92 Å². The highest BCUT2D eigenvalue weighted by Crippen LogP contribution is 2.40. The first-order valence-electron chi connectivity index (χ1n) is 6.54. The molecule has 23 heavy (non-hydrogen) atoms. The lowest BCUT2D eigenvalue weighted by Crippen LogP contribution is -2.45. The second-order valence-electron chi connectivity index (χ2n) is 5.15. The van der Waals surface area contributed by atoms with Crippen LogP contribution in [0.1, 0.15) is 5.56 Å². The van der Waals surface area contributed by atoms with Gasteiger partial charge in [0.25, 0.3) is 0 Å². The van der Waals surface area contributed by atoms with Gasteiger partial charge in [-0.05, 0) is 29.8 Å². The summed E-state index contributed by atoms with van der Waals surface area (Å²) in [6.45, 7) is 0. The summed E-state index contributed by atoms with van der Waals surface area (Å²) < 4.78 is 14.2. The Morgan fingerprint density at radius 3 is 2.52 bits per heavy atom. The minimum Gasteiger partial charge on any atom is -0.511 e. The quantitative estimate of drug-likeness (QED) is 0.350. The summed E-state index contributed by atoms with van der Waals surface area (Å²) in [7, 11) is -4.82. The number of phenolic OH excluding ortho intramolecular Hbond substituents is 1. The van der Waals surface area contributed by atoms with Gasteiger partial charge in [-0.15, -0.1) is 0 Å². The average molecular weight is 341 g/mol. The first-order chi connectivity index (χ1) is 10.6. The molecule has 6 N–H and O–H groups in total. The molecule has 0 aromatic heterocycles. The van der Waals surface area contributed by atoms with E-state index in [-0.39, 0.29) is 11.5 Å². The highest BCUT2D eigenvalue weighted by molar-refractivity contribution is 7.50. The second-order valence-corrected chi connectivity index (χ2v) is 6.37. The largest absolute Gasteiger partial charge is 0.511 e. The zero-order chi connectivity index (χ0) is 17.3. The maximum Gasteiger partial charge on any atom is 0.448 e. The van der Waals surface area contributed by atoms with Crippen LogP contribution in [0.2, 0.25) is 0 Å². The number of aliphatic hydroxyl groups excluding tert-OH is 1. The van der Waals surface area contributed by atoms with Crippen molar-refractivity contribution in [2.24, 2.45) is 10.7 Å². The molecule has 1 aliphatic rings. The van der Waals surface area contributed by atoms with Crippen molar-refractivity contribution in [3.8, 4) is 5.75 Å². The third-order valence-electron chi connectivity index (χ3n) is 3.21. The van der Waals surface area contributed by atoms with E-state index in [1.165, 1.54) is 42.5 Å². The van der Waals surface area contributed by atoms with Gasteiger partial charge in [-0.25, -0.2) is 4.57 Å². The van der Waals surface area contributed by atoms with Gasteiger partial charge in [0.1, 0.15) is 17.4 Å². The van der Waals surface area contributed by atoms with E-state index >= 15 is 0 Å². The van der Waals surface area contributed by atoms with E-state index in [9.17, 15) is 25.0 Å². The lowest BCUT2D eigenvalue weighted by atomic mass is 9.84. The molecule has 0 spiro atoms. The lowest BCUT2D eigenvalue weighted by Gasteiger charge is -2.32. The van der Waals surface area contributed by atoms with Crippen molar-refractivity contribution >= 4 is 13.5 Å². The van der Waals surface area contributed by atoms with E-state index in [4.69, 9.17) is 9.79 Å². The number of aliphatic hydroxyl groups is 3. The Morgan fingerprint density at radius 1 is 1.22 bits per heavy atom. The summed E-state index contributed by atoms with van der Waals surface area (Å²) >= 11 is 0. The Balaban J connectivity index is 2.38. The van der Waals surface area contributed by atoms with E-state index in [1.54, 1.807) is 0 Å². The Bertz CT molecular complexity index is 732. The van der Waals surface area contributed by atoms with E-state index in [0.29, 0.717) is 5.56 Å². The molecular formula is C14H16NO7P. The zero-order valence-electron chi connectivity index (χ0n) is 11.8. The predicted octanol–water partition coefficient (Wildman–Crippen LogP) is 0.777. The molecule has 0 saturated carbocycles. The van der Waals surface area contributed by atoms with Crippen LogP contribution in [0.15, 0.2) is 53.0 Å². The van der Waals surface area contributed by atoms with Crippen LogP contribution in [0.25, 0.3) is 0 Å². The number of allylic oxidation sites excluding steroid dienone is 3. The van der Waals surface area contributed by atoms with Crippen molar-refractivity contribution in [2.45, 2.75) is 12.2 Å². The number of aromatic hydroxyl groups is 1. The van der Waals surface area contributed by atoms with Gasteiger partial charge >= 0.3 is 7.75 Å². The van der Waals surface area contributed by atoms with Crippen molar-refractivity contribution in [1.29, 1.82) is 0 Å². The first kappa shape index (κ1) is 17.4. The van der Waals surface area contributed by atoms with Gasteiger partial charge in [0.2, 0.25) is 0 Å². The molecule has 0 aliphatic heterocycles. The van der Waals surface area contributed by atoms with Crippen molar-refractivity contribution in [1.82, 2.24) is 0 Å². The molecule has 8 nitrogen and oxygen atoms in total. The van der Waals surface area contributed by atoms with Gasteiger partial charge < -0.3 is 30.2 Å². The number of hydrogen-bond acceptors (Lipinski definition) is 5. The fourth-order valence-corrected chi connectivity index (χ4v) is 2.86. The number of hydrogen-bond donors (Lipinski definition) is 6. The lowest BCUT2D eigenvalue weighted by molar-refractivity contribution is -0.179. The average Bonchev–Trinajstić information content (AvgIpc) is 2.35. The second kappa shape index (κ2) is 6.27. The highest BCUT2D eigenvalue weighted by Gasteiger charge is 2.42. The highest BCUT2D eigenvalue weighted by atomic mass is 31.2. The molecule has 1 unspecified atom stereocenters. The van der Waals surface area contributed by atoms with Crippen LogP contribution < -0.4 is 0 Å². The number of rotatable bonds is 4. The number of benzene rings is 1. The SMILES string of the molecule is O=P(O)(O)/N=C1\C=CC=C(O)C1C(O)(O)Cc1cccc(O)c1. The zero-order valence-corrected chi connectivity index (χ0v) is 12.7. The summed E-state index contributed by atoms with van der Waals surface area (Å²) in [5, 5.41) is 40.0. The van der Waals surface area contributed by atoms with Gasteiger partial charge in [-0.1, -0.05) is 18.2 Å². The Hall–Kier alpha value is -1.96. The maximum absolute atomic E-state index is 11.1. The molecule has 2 rings (SSSR count). The topological polar surface area (TPSA) is 151 Å². The molecule has 1 aromatic rings. The Kier molecular flexibility index (Phi) is 4.74. The van der Waals surface area contributed by atoms with Crippen molar-refractivity contribution in [2.75, 3.05) is 0 Å². The molecule has 0 fully saturated rings. The third kappa shape index (κ3) is 4.51. The normalized spacial score (nSPS) is 20.6. The molecule has 0 saturated heterocycles. The Labute approximate surface area is 131 Å². The van der Waals surface area contributed by atoms with Crippen molar-refractivity contribution < 1.29 is 34.8 Å². The standard InChI is InChI=1S/C14H16NO7P/c16-10-4-1-3-9(7-10)8-14(18,19)13-11(15-23(20,21)22)5-2-6-12(13)17/h1-7,13,16-19H,8H2,(H2,20,21,22)/b15-11+. The number of phenols is 1. The molecule has 0 heterocycles. The Morgan fingerprint density at radius 2 is 1.91 bits per heavy atom. The van der Waals surface area contributed by atoms with Crippen molar-refractivity contribution in [3.63, 3.8) is 0 Å². The van der Waals surface area contributed by atoms with E-state index in [2.05, 4.69) is 4.76 Å². The molecule has 1 atom stereocenters. The van der Waals surface area contributed by atoms with Gasteiger partial charge in [0.05, 0.1) is 5.71 Å². The third-order valence-corrected chi connectivity index (χ3v) is 3.70. The molecule has 9 heteroatoms. The van der Waals surface area contributed by atoms with Crippen LogP contribution >= 0.6 is 7.75 Å². The first-order valence-corrected chi connectivity index (χ1v) is 8.10. The minimum absolute atomic E-state index is 0.0780. The number of nitrogens with zero attached hydrogens (tertiary/aromatic N) is 1. The molecule has 1 aromatic carbocycles. The molecule has 0 radical (unpaired) electrons. The summed E-state index contributed by atoms with van der Waals surface area (Å²) in [6.07, 6.45) is 3.23. The molecule has 0 amide bonds. The summed E-state index contributed by atoms with van der Waals surface area (Å²) in [5.74, 6) is -4.69.